The van der Waals surface area contributed by atoms with E-state index in [4.69, 9.17) is 0 Å². The van der Waals surface area contributed by atoms with Crippen molar-refractivity contribution in [3.8, 4) is 0 Å². The van der Waals surface area contributed by atoms with Gasteiger partial charge in [-0.1, -0.05) is 62.6 Å². The molecule has 3 rings (SSSR count). The molecule has 1 heteroatoms. The van der Waals surface area contributed by atoms with Gasteiger partial charge in [-0.3, -0.25) is 6.08 Å². The number of benzene rings is 1. The predicted octanol–water partition coefficient (Wildman–Crippen LogP) is 4.90. The van der Waals surface area contributed by atoms with Crippen LogP contribution in [0.15, 0.2) is 47.1 Å². The summed E-state index contributed by atoms with van der Waals surface area (Å²) in [7, 11) is 0. The van der Waals surface area contributed by atoms with Gasteiger partial charge in [-0.25, -0.2) is 5.57 Å². The molecule has 96 valence electrons. The Balaban J connectivity index is 0.00000133. The molecule has 0 spiro atoms. The average Bonchev–Trinajstić information content (AvgIpc) is 2.87. The molecule has 1 aromatic rings. The van der Waals surface area contributed by atoms with Crippen LogP contribution in [-0.2, 0) is 25.8 Å². The molecule has 19 heavy (non-hydrogen) atoms. The first-order chi connectivity index (χ1) is 8.54. The van der Waals surface area contributed by atoms with Crippen LogP contribution in [0.25, 0.3) is 6.08 Å². The quantitative estimate of drug-likeness (QED) is 0.454. The van der Waals surface area contributed by atoms with Gasteiger partial charge in [-0.05, 0) is 17.0 Å². The van der Waals surface area contributed by atoms with Gasteiger partial charge in [-0.15, -0.1) is 6.92 Å². The van der Waals surface area contributed by atoms with E-state index in [0.29, 0.717) is 5.92 Å². The van der Waals surface area contributed by atoms with Crippen molar-refractivity contribution in [1.82, 2.24) is 0 Å². The summed E-state index contributed by atoms with van der Waals surface area (Å²) in [5.74, 6) is 0.432. The zero-order valence-corrected chi connectivity index (χ0v) is 15.6. The summed E-state index contributed by atoms with van der Waals surface area (Å²) < 4.78 is 0. The van der Waals surface area contributed by atoms with Gasteiger partial charge in [0.25, 0.3) is 0 Å². The van der Waals surface area contributed by atoms with Gasteiger partial charge in [0.05, 0.1) is 0 Å². The third-order valence-corrected chi connectivity index (χ3v) is 4.77. The van der Waals surface area contributed by atoms with Crippen LogP contribution in [0.3, 0.4) is 0 Å². The third kappa shape index (κ3) is 2.07. The van der Waals surface area contributed by atoms with Crippen LogP contribution in [0, 0.1) is 11.5 Å². The number of rotatable bonds is 1. The molecule has 0 nitrogen and oxygen atoms in total. The summed E-state index contributed by atoms with van der Waals surface area (Å²) in [4.78, 5) is 0. The van der Waals surface area contributed by atoms with Gasteiger partial charge in [-0.2, -0.15) is 11.1 Å². The molecule has 0 amide bonds. The summed E-state index contributed by atoms with van der Waals surface area (Å²) in [6, 6.07) is 8.71. The smallest absolute Gasteiger partial charge is 0 e. The van der Waals surface area contributed by atoms with Crippen molar-refractivity contribution in [2.75, 3.05) is 0 Å². The van der Waals surface area contributed by atoms with E-state index in [0.717, 1.165) is 0 Å². The van der Waals surface area contributed by atoms with Gasteiger partial charge < -0.3 is 0 Å². The fraction of sp³-hybridized carbons (Fsp3) is 0.333. The van der Waals surface area contributed by atoms with Gasteiger partial charge in [0.15, 0.2) is 0 Å². The molecule has 0 saturated carbocycles. The summed E-state index contributed by atoms with van der Waals surface area (Å²) in [5.41, 5.74) is 7.02. The van der Waals surface area contributed by atoms with Crippen LogP contribution < -0.4 is 0 Å². The van der Waals surface area contributed by atoms with Crippen LogP contribution in [0.5, 0.6) is 0 Å². The Morgan fingerprint density at radius 3 is 2.42 bits per heavy atom. The molecule has 0 aliphatic heterocycles. The Kier molecular flexibility index (Phi) is 3.88. The molecule has 2 aliphatic carbocycles. The molecule has 0 radical (unpaired) electrons. The molecule has 2 unspecified atom stereocenters. The van der Waals surface area contributed by atoms with Crippen molar-refractivity contribution in [1.29, 1.82) is 0 Å². The molecular formula is C18H19Hf-. The largest absolute Gasteiger partial charge is 0.262 e. The van der Waals surface area contributed by atoms with E-state index in [-0.39, 0.29) is 31.3 Å². The molecule has 2 aliphatic rings. The van der Waals surface area contributed by atoms with Crippen molar-refractivity contribution in [3.05, 3.63) is 64.3 Å². The molecule has 0 bridgehead atoms. The molecule has 1 aromatic carbocycles. The van der Waals surface area contributed by atoms with Gasteiger partial charge in [0.1, 0.15) is 0 Å². The average molecular weight is 414 g/mol. The van der Waals surface area contributed by atoms with Crippen molar-refractivity contribution < 1.29 is 25.8 Å². The van der Waals surface area contributed by atoms with E-state index in [9.17, 15) is 0 Å². The second-order valence-corrected chi connectivity index (χ2v) is 5.67. The molecule has 0 aromatic heterocycles. The first-order valence-corrected chi connectivity index (χ1v) is 6.61. The number of allylic oxidation sites excluding steroid dienone is 5. The zero-order chi connectivity index (χ0) is 12.9. The number of hydrogen-bond acceptors (Lipinski definition) is 0. The van der Waals surface area contributed by atoms with Crippen LogP contribution in [0.1, 0.15) is 44.7 Å². The Hall–Kier alpha value is -0.690. The SMILES string of the molecule is CC1=[C-]C(C)(C2C=Cc3ccccc32)C(C)=C1C.[Hf]. The van der Waals surface area contributed by atoms with Crippen LogP contribution in [-0.4, -0.2) is 0 Å². The molecule has 0 heterocycles. The maximum absolute atomic E-state index is 3.70. The van der Waals surface area contributed by atoms with Crippen molar-refractivity contribution in [3.63, 3.8) is 0 Å². The number of hydrogen-bond donors (Lipinski definition) is 0. The number of fused-ring (bicyclic) bond motifs is 1. The van der Waals surface area contributed by atoms with Gasteiger partial charge in [0.2, 0.25) is 0 Å². The monoisotopic (exact) mass is 415 g/mol. The van der Waals surface area contributed by atoms with E-state index in [2.05, 4.69) is 70.2 Å². The Bertz CT molecular complexity index is 604. The fourth-order valence-corrected chi connectivity index (χ4v) is 3.31. The summed E-state index contributed by atoms with van der Waals surface area (Å²) in [6.45, 7) is 8.97. The van der Waals surface area contributed by atoms with Crippen molar-refractivity contribution >= 4 is 6.08 Å². The van der Waals surface area contributed by atoms with Crippen LogP contribution in [0.2, 0.25) is 0 Å². The zero-order valence-electron chi connectivity index (χ0n) is 12.0. The van der Waals surface area contributed by atoms with Gasteiger partial charge >= 0.3 is 0 Å². The van der Waals surface area contributed by atoms with E-state index in [1.807, 2.05) is 0 Å². The summed E-state index contributed by atoms with van der Waals surface area (Å²) in [5, 5.41) is 0. The second-order valence-electron chi connectivity index (χ2n) is 5.67. The Morgan fingerprint density at radius 1 is 1.11 bits per heavy atom. The molecule has 0 N–H and O–H groups in total. The maximum atomic E-state index is 3.70. The molecule has 0 fully saturated rings. The topological polar surface area (TPSA) is 0 Å². The van der Waals surface area contributed by atoms with Crippen LogP contribution >= 0.6 is 0 Å². The van der Waals surface area contributed by atoms with E-state index >= 15 is 0 Å². The normalized spacial score (nSPS) is 28.2. The molecule has 2 atom stereocenters. The van der Waals surface area contributed by atoms with E-state index in [1.165, 1.54) is 27.8 Å². The fourth-order valence-electron chi connectivity index (χ4n) is 3.31. The van der Waals surface area contributed by atoms with E-state index in [1.54, 1.807) is 0 Å². The third-order valence-electron chi connectivity index (χ3n) is 4.77. The van der Waals surface area contributed by atoms with E-state index < -0.39 is 0 Å². The predicted molar refractivity (Wildman–Crippen MR) is 77.1 cm³/mol. The standard InChI is InChI=1S/C18H19.Hf/c1-12-11-18(4,14(3)13(12)2)17-10-9-15-7-5-6-8-16(15)17;/h5-10,17H,1-4H3;/q-1;. The minimum absolute atomic E-state index is 0. The summed E-state index contributed by atoms with van der Waals surface area (Å²) >= 11 is 0. The first-order valence-electron chi connectivity index (χ1n) is 6.61. The minimum Gasteiger partial charge on any atom is -0.262 e. The summed E-state index contributed by atoms with van der Waals surface area (Å²) in [6.07, 6.45) is 8.30. The van der Waals surface area contributed by atoms with Gasteiger partial charge in [0, 0.05) is 25.8 Å². The Labute approximate surface area is 135 Å². The minimum atomic E-state index is 0. The second kappa shape index (κ2) is 5.01. The Morgan fingerprint density at radius 2 is 1.79 bits per heavy atom. The molecular weight excluding hydrogens is 395 g/mol. The first kappa shape index (κ1) is 14.7. The maximum Gasteiger partial charge on any atom is 0 e. The van der Waals surface area contributed by atoms with Crippen molar-refractivity contribution in [2.45, 2.75) is 33.6 Å². The van der Waals surface area contributed by atoms with Crippen molar-refractivity contribution in [2.24, 2.45) is 5.41 Å². The van der Waals surface area contributed by atoms with Crippen LogP contribution in [0.4, 0.5) is 0 Å². The molecule has 0 saturated heterocycles.